The Balaban J connectivity index is 1.62. The van der Waals surface area contributed by atoms with Gasteiger partial charge in [0.1, 0.15) is 0 Å². The van der Waals surface area contributed by atoms with Gasteiger partial charge in [-0.15, -0.1) is 0 Å². The molecule has 156 valence electrons. The van der Waals surface area contributed by atoms with Crippen molar-refractivity contribution >= 4 is 32.9 Å². The molecule has 5 aromatic carbocycles. The molecule has 0 fully saturated rings. The summed E-state index contributed by atoms with van der Waals surface area (Å²) >= 11 is 0. The van der Waals surface area contributed by atoms with E-state index in [1.165, 1.54) is 54.9 Å². The number of rotatable bonds is 2. The van der Waals surface area contributed by atoms with E-state index in [4.69, 9.17) is 0 Å². The molecular formula is C31H27N. The normalized spacial score (nSPS) is 13.9. The molecule has 1 aliphatic rings. The molecule has 0 radical (unpaired) electrons. The van der Waals surface area contributed by atoms with Crippen LogP contribution in [0.1, 0.15) is 36.1 Å². The van der Waals surface area contributed by atoms with Crippen LogP contribution >= 0.6 is 0 Å². The maximum Gasteiger partial charge on any atom is 0.0413 e. The third-order valence-corrected chi connectivity index (χ3v) is 7.21. The first-order valence-corrected chi connectivity index (χ1v) is 11.4. The molecular weight excluding hydrogens is 386 g/mol. The Hall–Kier alpha value is -3.58. The van der Waals surface area contributed by atoms with Crippen molar-refractivity contribution in [3.05, 3.63) is 107 Å². The van der Waals surface area contributed by atoms with Gasteiger partial charge in [0.05, 0.1) is 0 Å². The van der Waals surface area contributed by atoms with E-state index in [-0.39, 0.29) is 5.41 Å². The molecule has 0 saturated heterocycles. The molecule has 1 aliphatic carbocycles. The molecule has 1 heteroatoms. The smallest absolute Gasteiger partial charge is 0.0413 e. The largest absolute Gasteiger partial charge is 0.355 e. The Morgan fingerprint density at radius 3 is 2.34 bits per heavy atom. The maximum atomic E-state index is 3.64. The van der Waals surface area contributed by atoms with Crippen LogP contribution in [0.25, 0.3) is 32.7 Å². The van der Waals surface area contributed by atoms with Crippen LogP contribution in [0.3, 0.4) is 0 Å². The van der Waals surface area contributed by atoms with Crippen LogP contribution in [0.5, 0.6) is 0 Å². The van der Waals surface area contributed by atoms with Crippen molar-refractivity contribution in [1.29, 1.82) is 0 Å². The summed E-state index contributed by atoms with van der Waals surface area (Å²) in [5.74, 6) is 0. The van der Waals surface area contributed by atoms with Crippen molar-refractivity contribution in [2.24, 2.45) is 0 Å². The fourth-order valence-electron chi connectivity index (χ4n) is 5.44. The monoisotopic (exact) mass is 413 g/mol. The van der Waals surface area contributed by atoms with Crippen molar-refractivity contribution in [1.82, 2.24) is 0 Å². The lowest BCUT2D eigenvalue weighted by atomic mass is 9.68. The number of aryl methyl sites for hydroxylation is 2. The Bertz CT molecular complexity index is 1540. The molecule has 0 aliphatic heterocycles. The van der Waals surface area contributed by atoms with E-state index >= 15 is 0 Å². The minimum absolute atomic E-state index is 0.0806. The number of hydrogen-bond acceptors (Lipinski definition) is 1. The molecule has 0 aromatic heterocycles. The highest BCUT2D eigenvalue weighted by atomic mass is 14.9. The molecule has 1 N–H and O–H groups in total. The van der Waals surface area contributed by atoms with Gasteiger partial charge in [0.25, 0.3) is 0 Å². The summed E-state index contributed by atoms with van der Waals surface area (Å²) in [4.78, 5) is 0. The average molecular weight is 414 g/mol. The molecule has 0 atom stereocenters. The first-order chi connectivity index (χ1) is 15.4. The van der Waals surface area contributed by atoms with E-state index in [2.05, 4.69) is 118 Å². The van der Waals surface area contributed by atoms with Crippen LogP contribution in [0.2, 0.25) is 0 Å². The van der Waals surface area contributed by atoms with Crippen molar-refractivity contribution in [3.63, 3.8) is 0 Å². The molecule has 5 aromatic rings. The SMILES string of the molecule is Cc1ccc2cc3c4c(cccc4c2c1)C(C)(C)c1cc(Nc2ccccc2C)ccc1-3. The fourth-order valence-corrected chi connectivity index (χ4v) is 5.44. The van der Waals surface area contributed by atoms with Crippen LogP contribution in [0.4, 0.5) is 11.4 Å². The van der Waals surface area contributed by atoms with E-state index in [1.54, 1.807) is 0 Å². The zero-order valence-electron chi connectivity index (χ0n) is 19.1. The summed E-state index contributed by atoms with van der Waals surface area (Å²) in [5.41, 5.74) is 10.3. The number of benzene rings is 5. The summed E-state index contributed by atoms with van der Waals surface area (Å²) in [6.45, 7) is 9.05. The van der Waals surface area contributed by atoms with Crippen molar-refractivity contribution in [2.75, 3.05) is 5.32 Å². The predicted molar refractivity (Wildman–Crippen MR) is 138 cm³/mol. The molecule has 0 heterocycles. The summed E-state index contributed by atoms with van der Waals surface area (Å²) in [6, 6.07) is 31.4. The topological polar surface area (TPSA) is 12.0 Å². The molecule has 32 heavy (non-hydrogen) atoms. The van der Waals surface area contributed by atoms with E-state index in [9.17, 15) is 0 Å². The lowest BCUT2D eigenvalue weighted by molar-refractivity contribution is 0.645. The summed E-state index contributed by atoms with van der Waals surface area (Å²) in [7, 11) is 0. The van der Waals surface area contributed by atoms with Crippen LogP contribution in [0, 0.1) is 13.8 Å². The standard InChI is InChI=1S/C31H27N/c1-19-12-13-21-17-26-23-15-14-22(32-29-11-6-5-8-20(29)2)18-28(23)31(3,4)27-10-7-9-24(30(26)27)25(21)16-19/h5-18,32H,1-4H3. The highest BCUT2D eigenvalue weighted by Gasteiger charge is 2.34. The lowest BCUT2D eigenvalue weighted by Crippen LogP contribution is -2.23. The third-order valence-electron chi connectivity index (χ3n) is 7.21. The van der Waals surface area contributed by atoms with Gasteiger partial charge in [0.15, 0.2) is 0 Å². The minimum Gasteiger partial charge on any atom is -0.355 e. The summed E-state index contributed by atoms with van der Waals surface area (Å²) in [5, 5.41) is 9.07. The van der Waals surface area contributed by atoms with Gasteiger partial charge in [-0.25, -0.2) is 0 Å². The van der Waals surface area contributed by atoms with Gasteiger partial charge < -0.3 is 5.32 Å². The summed E-state index contributed by atoms with van der Waals surface area (Å²) < 4.78 is 0. The average Bonchev–Trinajstić information content (AvgIpc) is 2.79. The van der Waals surface area contributed by atoms with E-state index in [0.29, 0.717) is 0 Å². The van der Waals surface area contributed by atoms with Gasteiger partial charge in [-0.05, 0) is 87.5 Å². The predicted octanol–water partition coefficient (Wildman–Crippen LogP) is 8.66. The van der Waals surface area contributed by atoms with Gasteiger partial charge >= 0.3 is 0 Å². The number of anilines is 2. The molecule has 0 saturated carbocycles. The zero-order chi connectivity index (χ0) is 22.0. The molecule has 6 rings (SSSR count). The van der Waals surface area contributed by atoms with Crippen LogP contribution in [0.15, 0.2) is 84.9 Å². The molecule has 0 unspecified atom stereocenters. The molecule has 0 spiro atoms. The number of nitrogens with one attached hydrogen (secondary N) is 1. The van der Waals surface area contributed by atoms with Crippen molar-refractivity contribution < 1.29 is 0 Å². The minimum atomic E-state index is -0.0806. The number of para-hydroxylation sites is 1. The van der Waals surface area contributed by atoms with Crippen LogP contribution in [-0.2, 0) is 5.41 Å². The number of hydrogen-bond donors (Lipinski definition) is 1. The van der Waals surface area contributed by atoms with Gasteiger partial charge in [-0.3, -0.25) is 0 Å². The summed E-state index contributed by atoms with van der Waals surface area (Å²) in [6.07, 6.45) is 0. The Labute approximate surface area is 189 Å². The van der Waals surface area contributed by atoms with Gasteiger partial charge in [-0.1, -0.05) is 80.1 Å². The van der Waals surface area contributed by atoms with E-state index < -0.39 is 0 Å². The first kappa shape index (κ1) is 19.1. The Morgan fingerprint density at radius 1 is 0.656 bits per heavy atom. The molecule has 0 amide bonds. The molecule has 0 bridgehead atoms. The van der Waals surface area contributed by atoms with Crippen molar-refractivity contribution in [3.8, 4) is 11.1 Å². The van der Waals surface area contributed by atoms with Gasteiger partial charge in [0, 0.05) is 16.8 Å². The third kappa shape index (κ3) is 2.71. The quantitative estimate of drug-likeness (QED) is 0.285. The first-order valence-electron chi connectivity index (χ1n) is 11.4. The second kappa shape index (κ2) is 6.71. The fraction of sp³-hybridized carbons (Fsp3) is 0.161. The van der Waals surface area contributed by atoms with E-state index in [1.807, 2.05) is 0 Å². The zero-order valence-corrected chi connectivity index (χ0v) is 19.1. The highest BCUT2D eigenvalue weighted by molar-refractivity contribution is 6.16. The van der Waals surface area contributed by atoms with Gasteiger partial charge in [0.2, 0.25) is 0 Å². The highest BCUT2D eigenvalue weighted by Crippen LogP contribution is 2.50. The number of fused-ring (bicyclic) bond motifs is 4. The Kier molecular flexibility index (Phi) is 4.01. The van der Waals surface area contributed by atoms with Gasteiger partial charge in [-0.2, -0.15) is 0 Å². The second-order valence-corrected chi connectivity index (χ2v) is 9.70. The molecule has 1 nitrogen and oxygen atoms in total. The maximum absolute atomic E-state index is 3.64. The van der Waals surface area contributed by atoms with E-state index in [0.717, 1.165) is 11.4 Å². The van der Waals surface area contributed by atoms with Crippen LogP contribution in [-0.4, -0.2) is 0 Å². The lowest BCUT2D eigenvalue weighted by Gasteiger charge is -2.36. The second-order valence-electron chi connectivity index (χ2n) is 9.70. The van der Waals surface area contributed by atoms with Crippen molar-refractivity contribution in [2.45, 2.75) is 33.1 Å². The van der Waals surface area contributed by atoms with Crippen LogP contribution < -0.4 is 5.32 Å². The Morgan fingerprint density at radius 2 is 1.50 bits per heavy atom.